The Kier molecular flexibility index (Phi) is 8.74. The van der Waals surface area contributed by atoms with Crippen LogP contribution in [0.25, 0.3) is 23.0 Å². The molecule has 3 aromatic carbocycles. The molecular formula is C35H32N4O3. The second kappa shape index (κ2) is 13.0. The number of nitriles is 1. The summed E-state index contributed by atoms with van der Waals surface area (Å²) in [7, 11) is 0. The van der Waals surface area contributed by atoms with E-state index in [4.69, 9.17) is 9.84 Å². The number of para-hydroxylation sites is 1. The van der Waals surface area contributed by atoms with E-state index in [0.717, 1.165) is 29.7 Å². The summed E-state index contributed by atoms with van der Waals surface area (Å²) in [5.74, 6) is -0.240. The van der Waals surface area contributed by atoms with Crippen LogP contribution >= 0.6 is 0 Å². The number of unbranched alkanes of at least 4 members (excludes halogenated alkanes) is 2. The van der Waals surface area contributed by atoms with E-state index in [9.17, 15) is 14.9 Å². The maximum Gasteiger partial charge on any atom is 0.271 e. The quantitative estimate of drug-likeness (QED) is 0.120. The summed E-state index contributed by atoms with van der Waals surface area (Å²) in [6.07, 6.45) is 6.13. The van der Waals surface area contributed by atoms with Crippen LogP contribution in [0.15, 0.2) is 108 Å². The molecule has 2 amide bonds. The molecule has 1 aliphatic rings. The average molecular weight is 557 g/mol. The highest BCUT2D eigenvalue weighted by Gasteiger charge is 2.35. The zero-order valence-electron chi connectivity index (χ0n) is 23.8. The molecule has 0 spiro atoms. The number of imide groups is 1. The van der Waals surface area contributed by atoms with Crippen LogP contribution in [-0.4, -0.2) is 33.0 Å². The minimum absolute atomic E-state index is 0.00865. The molecule has 0 aliphatic carbocycles. The first-order chi connectivity index (χ1) is 20.5. The zero-order chi connectivity index (χ0) is 29.5. The van der Waals surface area contributed by atoms with Crippen LogP contribution in [0.5, 0.6) is 5.75 Å². The van der Waals surface area contributed by atoms with Gasteiger partial charge in [0.05, 0.1) is 5.69 Å². The van der Waals surface area contributed by atoms with Gasteiger partial charge in [0.1, 0.15) is 29.7 Å². The van der Waals surface area contributed by atoms with E-state index in [1.165, 1.54) is 4.90 Å². The average Bonchev–Trinajstić information content (AvgIpc) is 3.45. The van der Waals surface area contributed by atoms with E-state index in [1.54, 1.807) is 17.7 Å². The Labute approximate surface area is 246 Å². The van der Waals surface area contributed by atoms with Gasteiger partial charge in [-0.05, 0) is 54.8 Å². The first-order valence-electron chi connectivity index (χ1n) is 14.1. The van der Waals surface area contributed by atoms with Crippen molar-refractivity contribution in [3.05, 3.63) is 119 Å². The number of benzene rings is 3. The van der Waals surface area contributed by atoms with Gasteiger partial charge < -0.3 is 4.74 Å². The van der Waals surface area contributed by atoms with Crippen LogP contribution in [0, 0.1) is 11.3 Å². The molecule has 0 fully saturated rings. The number of amides is 2. The summed E-state index contributed by atoms with van der Waals surface area (Å²) in [6.45, 7) is 4.42. The lowest BCUT2D eigenvalue weighted by Crippen LogP contribution is -2.43. The molecule has 0 atom stereocenters. The Balaban J connectivity index is 1.57. The lowest BCUT2D eigenvalue weighted by atomic mass is 9.93. The number of aromatic nitrogens is 2. The molecule has 0 radical (unpaired) electrons. The summed E-state index contributed by atoms with van der Waals surface area (Å²) in [5.41, 5.74) is 4.73. The molecule has 0 N–H and O–H groups in total. The number of hydrogen-bond acceptors (Lipinski definition) is 5. The molecule has 42 heavy (non-hydrogen) atoms. The number of ether oxygens (including phenoxy) is 1. The third-order valence-corrected chi connectivity index (χ3v) is 7.23. The van der Waals surface area contributed by atoms with Crippen molar-refractivity contribution in [1.29, 1.82) is 5.26 Å². The SMILES string of the molecule is CCCCCN1C(=O)C(C#N)=C(C)/C(=C\c2cn(-c3ccccc3)nc2-c2cccc(OCc3ccccc3)c2)C1=O. The molecule has 7 heteroatoms. The van der Waals surface area contributed by atoms with Crippen molar-refractivity contribution in [3.8, 4) is 28.8 Å². The highest BCUT2D eigenvalue weighted by molar-refractivity contribution is 6.19. The zero-order valence-corrected chi connectivity index (χ0v) is 23.8. The smallest absolute Gasteiger partial charge is 0.271 e. The molecule has 0 saturated carbocycles. The summed E-state index contributed by atoms with van der Waals surface area (Å²) in [5, 5.41) is 14.7. The normalized spacial score (nSPS) is 14.4. The van der Waals surface area contributed by atoms with Crippen LogP contribution in [0.3, 0.4) is 0 Å². The van der Waals surface area contributed by atoms with E-state index in [1.807, 2.05) is 97.2 Å². The van der Waals surface area contributed by atoms with Crippen molar-refractivity contribution in [2.24, 2.45) is 0 Å². The van der Waals surface area contributed by atoms with Crippen molar-refractivity contribution >= 4 is 17.9 Å². The van der Waals surface area contributed by atoms with E-state index in [2.05, 4.69) is 6.92 Å². The molecule has 7 nitrogen and oxygen atoms in total. The fourth-order valence-electron chi connectivity index (χ4n) is 4.91. The first-order valence-corrected chi connectivity index (χ1v) is 14.1. The number of hydrogen-bond donors (Lipinski definition) is 0. The van der Waals surface area contributed by atoms with Gasteiger partial charge >= 0.3 is 0 Å². The standard InChI is InChI=1S/C35H32N4O3/c1-3-4-11-19-38-34(40)31(25(2)32(22-36)35(38)41)21-28-23-39(29-16-9-6-10-17-29)37-33(28)27-15-12-18-30(20-27)42-24-26-13-7-5-8-14-26/h5-10,12-18,20-21,23H,3-4,11,19,24H2,1-2H3/b31-21+. The van der Waals surface area contributed by atoms with E-state index in [0.29, 0.717) is 41.2 Å². The van der Waals surface area contributed by atoms with E-state index >= 15 is 0 Å². The largest absolute Gasteiger partial charge is 0.489 e. The lowest BCUT2D eigenvalue weighted by Gasteiger charge is -2.27. The Morgan fingerprint density at radius 1 is 0.929 bits per heavy atom. The maximum atomic E-state index is 13.7. The minimum atomic E-state index is -0.531. The first kappa shape index (κ1) is 28.3. The monoisotopic (exact) mass is 556 g/mol. The van der Waals surface area contributed by atoms with Gasteiger partial charge in [0.25, 0.3) is 11.8 Å². The second-order valence-electron chi connectivity index (χ2n) is 10.2. The number of carbonyl (C=O) groups is 2. The number of nitrogens with zero attached hydrogens (tertiary/aromatic N) is 4. The highest BCUT2D eigenvalue weighted by Crippen LogP contribution is 2.32. The second-order valence-corrected chi connectivity index (χ2v) is 10.2. The van der Waals surface area contributed by atoms with Crippen LogP contribution in [0.1, 0.15) is 44.2 Å². The molecule has 0 saturated heterocycles. The molecule has 1 aromatic heterocycles. The van der Waals surface area contributed by atoms with Gasteiger partial charge in [0.15, 0.2) is 0 Å². The third-order valence-electron chi connectivity index (χ3n) is 7.23. The fraction of sp³-hybridized carbons (Fsp3) is 0.200. The van der Waals surface area contributed by atoms with Gasteiger partial charge in [0.2, 0.25) is 0 Å². The van der Waals surface area contributed by atoms with Gasteiger partial charge in [0, 0.05) is 29.4 Å². The summed E-state index contributed by atoms with van der Waals surface area (Å²) >= 11 is 0. The van der Waals surface area contributed by atoms with Gasteiger partial charge in [-0.2, -0.15) is 10.4 Å². The summed E-state index contributed by atoms with van der Waals surface area (Å²) < 4.78 is 7.84. The van der Waals surface area contributed by atoms with Crippen LogP contribution in [0.4, 0.5) is 0 Å². The molecule has 0 unspecified atom stereocenters. The van der Waals surface area contributed by atoms with Gasteiger partial charge in [-0.1, -0.05) is 80.4 Å². The van der Waals surface area contributed by atoms with Crippen LogP contribution in [-0.2, 0) is 16.2 Å². The minimum Gasteiger partial charge on any atom is -0.489 e. The maximum absolute atomic E-state index is 13.7. The van der Waals surface area contributed by atoms with Crippen molar-refractivity contribution < 1.29 is 14.3 Å². The van der Waals surface area contributed by atoms with Crippen molar-refractivity contribution in [2.75, 3.05) is 6.54 Å². The van der Waals surface area contributed by atoms with Crippen molar-refractivity contribution in [3.63, 3.8) is 0 Å². The van der Waals surface area contributed by atoms with Gasteiger partial charge in [-0.25, -0.2) is 4.68 Å². The Morgan fingerprint density at radius 2 is 1.67 bits per heavy atom. The number of rotatable bonds is 10. The highest BCUT2D eigenvalue weighted by atomic mass is 16.5. The lowest BCUT2D eigenvalue weighted by molar-refractivity contribution is -0.140. The third kappa shape index (κ3) is 6.08. The molecule has 5 rings (SSSR count). The summed E-state index contributed by atoms with van der Waals surface area (Å²) in [6, 6.07) is 29.4. The topological polar surface area (TPSA) is 88.2 Å². The predicted molar refractivity (Wildman–Crippen MR) is 162 cm³/mol. The van der Waals surface area contributed by atoms with E-state index in [-0.39, 0.29) is 12.1 Å². The molecule has 210 valence electrons. The Hall–Kier alpha value is -5.22. The van der Waals surface area contributed by atoms with E-state index < -0.39 is 11.8 Å². The van der Waals surface area contributed by atoms with Gasteiger partial charge in [-0.3, -0.25) is 14.5 Å². The molecular weight excluding hydrogens is 524 g/mol. The molecule has 2 heterocycles. The Morgan fingerprint density at radius 3 is 2.38 bits per heavy atom. The fourth-order valence-corrected chi connectivity index (χ4v) is 4.91. The number of carbonyl (C=O) groups excluding carboxylic acids is 2. The van der Waals surface area contributed by atoms with Gasteiger partial charge in [-0.15, -0.1) is 0 Å². The molecule has 0 bridgehead atoms. The van der Waals surface area contributed by atoms with Crippen LogP contribution < -0.4 is 4.74 Å². The summed E-state index contributed by atoms with van der Waals surface area (Å²) in [4.78, 5) is 27.9. The molecule has 4 aromatic rings. The Bertz CT molecular complexity index is 1700. The predicted octanol–water partition coefficient (Wildman–Crippen LogP) is 6.90. The van der Waals surface area contributed by atoms with Crippen molar-refractivity contribution in [2.45, 2.75) is 39.7 Å². The molecule has 1 aliphatic heterocycles. The van der Waals surface area contributed by atoms with Crippen molar-refractivity contribution in [1.82, 2.24) is 14.7 Å². The van der Waals surface area contributed by atoms with Crippen LogP contribution in [0.2, 0.25) is 0 Å².